The standard InChI is InChI=1S/C20H23N5O2S/c1-3-13-27-18-9-5-15(6-10-18)14-21-24-25-19(22-23-20(25)28)16-7-11-17(12-8-16)26-4-2/h5-12,14,24H,3-4,13H2,1-2H3,(H,23,28). The Morgan fingerprint density at radius 2 is 1.75 bits per heavy atom. The van der Waals surface area contributed by atoms with Gasteiger partial charge in [0.1, 0.15) is 11.5 Å². The monoisotopic (exact) mass is 397 g/mol. The fraction of sp³-hybridized carbons (Fsp3) is 0.250. The minimum Gasteiger partial charge on any atom is -0.494 e. The molecule has 1 heterocycles. The Balaban J connectivity index is 1.70. The van der Waals surface area contributed by atoms with Gasteiger partial charge in [-0.2, -0.15) is 14.9 Å². The quantitative estimate of drug-likeness (QED) is 0.318. The van der Waals surface area contributed by atoms with Gasteiger partial charge in [0.25, 0.3) is 0 Å². The Hall–Kier alpha value is -3.13. The van der Waals surface area contributed by atoms with Crippen molar-refractivity contribution < 1.29 is 9.47 Å². The summed E-state index contributed by atoms with van der Waals surface area (Å²) < 4.78 is 13.1. The predicted molar refractivity (Wildman–Crippen MR) is 113 cm³/mol. The third kappa shape index (κ3) is 4.98. The van der Waals surface area contributed by atoms with Crippen molar-refractivity contribution >= 4 is 18.4 Å². The predicted octanol–water partition coefficient (Wildman–Crippen LogP) is 4.37. The number of aromatic nitrogens is 3. The highest BCUT2D eigenvalue weighted by atomic mass is 32.1. The van der Waals surface area contributed by atoms with Crippen LogP contribution in [0.2, 0.25) is 0 Å². The van der Waals surface area contributed by atoms with E-state index in [1.54, 1.807) is 10.9 Å². The molecule has 0 aliphatic rings. The van der Waals surface area contributed by atoms with Gasteiger partial charge in [-0.15, -0.1) is 0 Å². The van der Waals surface area contributed by atoms with Crippen LogP contribution in [0.5, 0.6) is 11.5 Å². The number of ether oxygens (including phenoxy) is 2. The maximum atomic E-state index is 5.58. The summed E-state index contributed by atoms with van der Waals surface area (Å²) in [5.74, 6) is 2.29. The van der Waals surface area contributed by atoms with E-state index in [1.165, 1.54) is 0 Å². The van der Waals surface area contributed by atoms with Gasteiger partial charge >= 0.3 is 0 Å². The van der Waals surface area contributed by atoms with Gasteiger partial charge in [0, 0.05) is 5.56 Å². The van der Waals surface area contributed by atoms with E-state index in [0.717, 1.165) is 29.0 Å². The first kappa shape index (κ1) is 19.6. The van der Waals surface area contributed by atoms with Gasteiger partial charge in [0.2, 0.25) is 4.77 Å². The first-order valence-electron chi connectivity index (χ1n) is 9.14. The highest BCUT2D eigenvalue weighted by molar-refractivity contribution is 7.71. The molecule has 0 unspecified atom stereocenters. The zero-order chi connectivity index (χ0) is 19.8. The summed E-state index contributed by atoms with van der Waals surface area (Å²) in [6, 6.07) is 15.4. The molecule has 146 valence electrons. The molecule has 3 aromatic rings. The van der Waals surface area contributed by atoms with E-state index in [1.807, 2.05) is 55.5 Å². The topological polar surface area (TPSA) is 76.5 Å². The summed E-state index contributed by atoms with van der Waals surface area (Å²) in [5.41, 5.74) is 4.75. The van der Waals surface area contributed by atoms with Gasteiger partial charge in [0.15, 0.2) is 5.82 Å². The summed E-state index contributed by atoms with van der Waals surface area (Å²) in [7, 11) is 0. The van der Waals surface area contributed by atoms with Crippen molar-refractivity contribution in [1.82, 2.24) is 14.9 Å². The van der Waals surface area contributed by atoms with E-state index in [0.29, 0.717) is 23.8 Å². The number of aromatic amines is 1. The minimum absolute atomic E-state index is 0.421. The summed E-state index contributed by atoms with van der Waals surface area (Å²) >= 11 is 5.30. The van der Waals surface area contributed by atoms with Crippen LogP contribution in [0.1, 0.15) is 25.8 Å². The molecular formula is C20H23N5O2S. The van der Waals surface area contributed by atoms with E-state index < -0.39 is 0 Å². The van der Waals surface area contributed by atoms with Gasteiger partial charge < -0.3 is 9.47 Å². The van der Waals surface area contributed by atoms with Crippen LogP contribution in [-0.4, -0.2) is 34.3 Å². The number of nitrogens with one attached hydrogen (secondary N) is 2. The molecule has 0 bridgehead atoms. The Kier molecular flexibility index (Phi) is 6.80. The lowest BCUT2D eigenvalue weighted by molar-refractivity contribution is 0.317. The summed E-state index contributed by atoms with van der Waals surface area (Å²) in [4.78, 5) is 0. The molecule has 0 saturated carbocycles. The molecule has 0 spiro atoms. The van der Waals surface area contributed by atoms with Crippen LogP contribution < -0.4 is 15.0 Å². The van der Waals surface area contributed by atoms with Crippen LogP contribution in [0.25, 0.3) is 11.4 Å². The highest BCUT2D eigenvalue weighted by Crippen LogP contribution is 2.20. The Morgan fingerprint density at radius 1 is 1.07 bits per heavy atom. The van der Waals surface area contributed by atoms with Gasteiger partial charge in [-0.1, -0.05) is 6.92 Å². The average molecular weight is 398 g/mol. The van der Waals surface area contributed by atoms with Crippen molar-refractivity contribution in [2.24, 2.45) is 5.10 Å². The van der Waals surface area contributed by atoms with Crippen molar-refractivity contribution in [2.45, 2.75) is 20.3 Å². The van der Waals surface area contributed by atoms with Crippen molar-refractivity contribution in [2.75, 3.05) is 18.7 Å². The molecule has 7 nitrogen and oxygen atoms in total. The first-order chi connectivity index (χ1) is 13.7. The fourth-order valence-corrected chi connectivity index (χ4v) is 2.65. The summed E-state index contributed by atoms with van der Waals surface area (Å²) in [5, 5.41) is 11.3. The van der Waals surface area contributed by atoms with E-state index in [4.69, 9.17) is 21.7 Å². The number of hydrogen-bond acceptors (Lipinski definition) is 6. The number of hydrogen-bond donors (Lipinski definition) is 2. The second-order valence-electron chi connectivity index (χ2n) is 5.92. The maximum absolute atomic E-state index is 5.58. The van der Waals surface area contributed by atoms with Crippen LogP contribution in [-0.2, 0) is 0 Å². The molecule has 28 heavy (non-hydrogen) atoms. The summed E-state index contributed by atoms with van der Waals surface area (Å²) in [6.45, 7) is 5.37. The van der Waals surface area contributed by atoms with Gasteiger partial charge in [-0.25, -0.2) is 10.6 Å². The van der Waals surface area contributed by atoms with Gasteiger partial charge in [0.05, 0.1) is 19.4 Å². The molecule has 2 aromatic carbocycles. The minimum atomic E-state index is 0.421. The van der Waals surface area contributed by atoms with Crippen LogP contribution in [0.3, 0.4) is 0 Å². The largest absolute Gasteiger partial charge is 0.494 e. The number of rotatable bonds is 9. The van der Waals surface area contributed by atoms with Crippen molar-refractivity contribution in [3.8, 4) is 22.9 Å². The maximum Gasteiger partial charge on any atom is 0.216 e. The molecule has 0 aliphatic heterocycles. The van der Waals surface area contributed by atoms with Crippen molar-refractivity contribution in [1.29, 1.82) is 0 Å². The number of nitrogens with zero attached hydrogens (tertiary/aromatic N) is 3. The van der Waals surface area contributed by atoms with E-state index in [9.17, 15) is 0 Å². The fourth-order valence-electron chi connectivity index (χ4n) is 2.48. The van der Waals surface area contributed by atoms with E-state index >= 15 is 0 Å². The zero-order valence-electron chi connectivity index (χ0n) is 15.9. The molecule has 8 heteroatoms. The number of benzene rings is 2. The molecule has 0 saturated heterocycles. The molecule has 2 N–H and O–H groups in total. The van der Waals surface area contributed by atoms with Crippen LogP contribution >= 0.6 is 12.2 Å². The Bertz CT molecular complexity index is 962. The number of hydrazone groups is 1. The molecule has 0 aliphatic carbocycles. The lowest BCUT2D eigenvalue weighted by atomic mass is 10.2. The molecule has 0 amide bonds. The van der Waals surface area contributed by atoms with Crippen LogP contribution in [0, 0.1) is 4.77 Å². The molecule has 0 atom stereocenters. The Morgan fingerprint density at radius 3 is 2.43 bits per heavy atom. The molecule has 1 aromatic heterocycles. The Labute approximate surface area is 169 Å². The third-order valence-electron chi connectivity index (χ3n) is 3.82. The second-order valence-corrected chi connectivity index (χ2v) is 6.31. The van der Waals surface area contributed by atoms with Crippen molar-refractivity contribution in [3.63, 3.8) is 0 Å². The highest BCUT2D eigenvalue weighted by Gasteiger charge is 2.08. The van der Waals surface area contributed by atoms with Gasteiger partial charge in [-0.3, -0.25) is 0 Å². The second kappa shape index (κ2) is 9.70. The van der Waals surface area contributed by atoms with Crippen LogP contribution in [0.15, 0.2) is 53.6 Å². The first-order valence-corrected chi connectivity index (χ1v) is 9.54. The average Bonchev–Trinajstić information content (AvgIpc) is 3.09. The summed E-state index contributed by atoms with van der Waals surface area (Å²) in [6.07, 6.45) is 2.69. The van der Waals surface area contributed by atoms with Crippen LogP contribution in [0.4, 0.5) is 0 Å². The SMILES string of the molecule is CCCOc1ccc(C=NNn2c(-c3ccc(OCC)cc3)n[nH]c2=S)cc1. The zero-order valence-corrected chi connectivity index (χ0v) is 16.7. The van der Waals surface area contributed by atoms with Crippen molar-refractivity contribution in [3.05, 3.63) is 58.9 Å². The number of H-pyrrole nitrogens is 1. The smallest absolute Gasteiger partial charge is 0.216 e. The molecule has 3 rings (SSSR count). The molecule has 0 radical (unpaired) electrons. The molecule has 0 fully saturated rings. The molecular weight excluding hydrogens is 374 g/mol. The van der Waals surface area contributed by atoms with E-state index in [2.05, 4.69) is 27.8 Å². The normalized spacial score (nSPS) is 10.9. The lowest BCUT2D eigenvalue weighted by Gasteiger charge is -2.07. The van der Waals surface area contributed by atoms with E-state index in [-0.39, 0.29) is 0 Å². The third-order valence-corrected chi connectivity index (χ3v) is 4.09. The van der Waals surface area contributed by atoms with Gasteiger partial charge in [-0.05, 0) is 79.7 Å². The lowest BCUT2D eigenvalue weighted by Crippen LogP contribution is -2.10.